The molecule has 1 aromatic carbocycles. The van der Waals surface area contributed by atoms with Crippen LogP contribution in [0.25, 0.3) is 0 Å². The molecule has 0 aliphatic heterocycles. The van der Waals surface area contributed by atoms with E-state index >= 15 is 0 Å². The van der Waals surface area contributed by atoms with Crippen LogP contribution in [-0.4, -0.2) is 13.0 Å². The number of carbonyl (C=O) groups excluding carboxylic acids is 1. The summed E-state index contributed by atoms with van der Waals surface area (Å²) in [5.41, 5.74) is 1.06. The molecular formula is C15H19NO2. The molecule has 0 saturated heterocycles. The Morgan fingerprint density at radius 1 is 1.50 bits per heavy atom. The second kappa shape index (κ2) is 6.24. The van der Waals surface area contributed by atoms with Gasteiger partial charge in [-0.1, -0.05) is 24.3 Å². The van der Waals surface area contributed by atoms with E-state index in [1.165, 1.54) is 0 Å². The van der Waals surface area contributed by atoms with E-state index in [-0.39, 0.29) is 5.91 Å². The maximum Gasteiger partial charge on any atom is 0.220 e. The van der Waals surface area contributed by atoms with Crippen molar-refractivity contribution >= 4 is 5.91 Å². The molecule has 1 aliphatic rings. The Bertz CT molecular complexity index is 440. The lowest BCUT2D eigenvalue weighted by Gasteiger charge is -2.09. The molecule has 0 spiro atoms. The summed E-state index contributed by atoms with van der Waals surface area (Å²) in [5.74, 6) is 1.37. The SMILES string of the molecule is COc1cccc(CNC(=O)CC2C=CCC2)c1. The van der Waals surface area contributed by atoms with Gasteiger partial charge in [0.05, 0.1) is 7.11 Å². The quantitative estimate of drug-likeness (QED) is 0.810. The van der Waals surface area contributed by atoms with Crippen LogP contribution in [-0.2, 0) is 11.3 Å². The molecule has 1 amide bonds. The third-order valence-corrected chi connectivity index (χ3v) is 3.18. The van der Waals surface area contributed by atoms with Gasteiger partial charge in [0.25, 0.3) is 0 Å². The van der Waals surface area contributed by atoms with Gasteiger partial charge in [0.15, 0.2) is 0 Å². The van der Waals surface area contributed by atoms with Gasteiger partial charge in [0.2, 0.25) is 5.91 Å². The number of benzene rings is 1. The van der Waals surface area contributed by atoms with E-state index in [0.717, 1.165) is 24.2 Å². The molecule has 1 unspecified atom stereocenters. The summed E-state index contributed by atoms with van der Waals surface area (Å²) < 4.78 is 5.15. The van der Waals surface area contributed by atoms with Crippen LogP contribution in [0.2, 0.25) is 0 Å². The lowest BCUT2D eigenvalue weighted by atomic mass is 10.1. The minimum atomic E-state index is 0.120. The number of amides is 1. The van der Waals surface area contributed by atoms with Gasteiger partial charge in [-0.2, -0.15) is 0 Å². The van der Waals surface area contributed by atoms with Crippen molar-refractivity contribution in [3.8, 4) is 5.75 Å². The number of carbonyl (C=O) groups is 1. The van der Waals surface area contributed by atoms with Crippen LogP contribution in [0, 0.1) is 5.92 Å². The van der Waals surface area contributed by atoms with Crippen molar-refractivity contribution in [1.29, 1.82) is 0 Å². The first kappa shape index (κ1) is 12.7. The Balaban J connectivity index is 1.79. The molecule has 0 radical (unpaired) electrons. The second-order valence-corrected chi connectivity index (χ2v) is 4.60. The first-order valence-corrected chi connectivity index (χ1v) is 6.34. The topological polar surface area (TPSA) is 38.3 Å². The van der Waals surface area contributed by atoms with Gasteiger partial charge < -0.3 is 10.1 Å². The fourth-order valence-electron chi connectivity index (χ4n) is 2.16. The van der Waals surface area contributed by atoms with Crippen molar-refractivity contribution in [3.05, 3.63) is 42.0 Å². The zero-order chi connectivity index (χ0) is 12.8. The number of hydrogen-bond acceptors (Lipinski definition) is 2. The van der Waals surface area contributed by atoms with Crippen LogP contribution in [0.4, 0.5) is 0 Å². The van der Waals surface area contributed by atoms with Crippen LogP contribution >= 0.6 is 0 Å². The van der Waals surface area contributed by atoms with E-state index < -0.39 is 0 Å². The smallest absolute Gasteiger partial charge is 0.220 e. The maximum atomic E-state index is 11.8. The van der Waals surface area contributed by atoms with Gasteiger partial charge in [-0.15, -0.1) is 0 Å². The van der Waals surface area contributed by atoms with Crippen LogP contribution in [0.5, 0.6) is 5.75 Å². The van der Waals surface area contributed by atoms with Gasteiger partial charge in [-0.25, -0.2) is 0 Å². The van der Waals surface area contributed by atoms with Crippen molar-refractivity contribution < 1.29 is 9.53 Å². The average molecular weight is 245 g/mol. The van der Waals surface area contributed by atoms with Gasteiger partial charge in [-0.3, -0.25) is 4.79 Å². The first-order chi connectivity index (χ1) is 8.78. The molecule has 2 rings (SSSR count). The van der Waals surface area contributed by atoms with Crippen molar-refractivity contribution in [2.45, 2.75) is 25.8 Å². The number of methoxy groups -OCH3 is 1. The molecule has 0 heterocycles. The van der Waals surface area contributed by atoms with Gasteiger partial charge in [0.1, 0.15) is 5.75 Å². The lowest BCUT2D eigenvalue weighted by Crippen LogP contribution is -2.24. The molecule has 0 saturated carbocycles. The standard InChI is InChI=1S/C15H19NO2/c1-18-14-8-4-7-13(9-14)11-16-15(17)10-12-5-2-3-6-12/h2,4-5,7-9,12H,3,6,10-11H2,1H3,(H,16,17). The summed E-state index contributed by atoms with van der Waals surface area (Å²) >= 11 is 0. The molecule has 0 fully saturated rings. The highest BCUT2D eigenvalue weighted by Gasteiger charge is 2.13. The molecule has 3 nitrogen and oxygen atoms in total. The minimum absolute atomic E-state index is 0.120. The van der Waals surface area contributed by atoms with Crippen molar-refractivity contribution in [1.82, 2.24) is 5.32 Å². The Hall–Kier alpha value is -1.77. The number of ether oxygens (including phenoxy) is 1. The largest absolute Gasteiger partial charge is 0.497 e. The van der Waals surface area contributed by atoms with Gasteiger partial charge >= 0.3 is 0 Å². The van der Waals surface area contributed by atoms with Crippen LogP contribution < -0.4 is 10.1 Å². The zero-order valence-corrected chi connectivity index (χ0v) is 10.7. The fourth-order valence-corrected chi connectivity index (χ4v) is 2.16. The van der Waals surface area contributed by atoms with Crippen molar-refractivity contribution in [2.24, 2.45) is 5.92 Å². The minimum Gasteiger partial charge on any atom is -0.497 e. The highest BCUT2D eigenvalue weighted by atomic mass is 16.5. The summed E-state index contributed by atoms with van der Waals surface area (Å²) in [6.45, 7) is 0.562. The van der Waals surface area contributed by atoms with E-state index in [0.29, 0.717) is 18.9 Å². The second-order valence-electron chi connectivity index (χ2n) is 4.60. The Morgan fingerprint density at radius 3 is 3.11 bits per heavy atom. The highest BCUT2D eigenvalue weighted by molar-refractivity contribution is 5.76. The fraction of sp³-hybridized carbons (Fsp3) is 0.400. The van der Waals surface area contributed by atoms with Crippen molar-refractivity contribution in [2.75, 3.05) is 7.11 Å². The Morgan fingerprint density at radius 2 is 2.39 bits per heavy atom. The maximum absolute atomic E-state index is 11.8. The summed E-state index contributed by atoms with van der Waals surface area (Å²) in [7, 11) is 1.64. The van der Waals surface area contributed by atoms with Crippen LogP contribution in [0.1, 0.15) is 24.8 Å². The molecule has 96 valence electrons. The summed E-state index contributed by atoms with van der Waals surface area (Å²) in [6.07, 6.45) is 7.10. The third kappa shape index (κ3) is 3.62. The Kier molecular flexibility index (Phi) is 4.40. The monoisotopic (exact) mass is 245 g/mol. The predicted octanol–water partition coefficient (Wildman–Crippen LogP) is 2.67. The molecular weight excluding hydrogens is 226 g/mol. The molecule has 0 bridgehead atoms. The molecule has 1 N–H and O–H groups in total. The number of rotatable bonds is 5. The summed E-state index contributed by atoms with van der Waals surface area (Å²) in [4.78, 5) is 11.8. The van der Waals surface area contributed by atoms with Crippen molar-refractivity contribution in [3.63, 3.8) is 0 Å². The molecule has 0 aromatic heterocycles. The molecule has 18 heavy (non-hydrogen) atoms. The highest BCUT2D eigenvalue weighted by Crippen LogP contribution is 2.20. The molecule has 1 aliphatic carbocycles. The van der Waals surface area contributed by atoms with E-state index in [1.54, 1.807) is 7.11 Å². The third-order valence-electron chi connectivity index (χ3n) is 3.18. The van der Waals surface area contributed by atoms with E-state index in [9.17, 15) is 4.79 Å². The summed E-state index contributed by atoms with van der Waals surface area (Å²) in [5, 5.41) is 2.95. The number of nitrogens with one attached hydrogen (secondary N) is 1. The van der Waals surface area contributed by atoms with Crippen LogP contribution in [0.15, 0.2) is 36.4 Å². The first-order valence-electron chi connectivity index (χ1n) is 6.34. The zero-order valence-electron chi connectivity index (χ0n) is 10.7. The average Bonchev–Trinajstić information content (AvgIpc) is 2.89. The molecule has 1 atom stereocenters. The lowest BCUT2D eigenvalue weighted by molar-refractivity contribution is -0.121. The normalized spacial score (nSPS) is 17.7. The van der Waals surface area contributed by atoms with E-state index in [1.807, 2.05) is 24.3 Å². The molecule has 1 aromatic rings. The van der Waals surface area contributed by atoms with Crippen LogP contribution in [0.3, 0.4) is 0 Å². The van der Waals surface area contributed by atoms with Gasteiger partial charge in [0, 0.05) is 13.0 Å². The van der Waals surface area contributed by atoms with Gasteiger partial charge in [-0.05, 0) is 36.5 Å². The Labute approximate surface area is 108 Å². The van der Waals surface area contributed by atoms with E-state index in [2.05, 4.69) is 17.5 Å². The van der Waals surface area contributed by atoms with E-state index in [4.69, 9.17) is 4.74 Å². The number of hydrogen-bond donors (Lipinski definition) is 1. The number of allylic oxidation sites excluding steroid dienone is 2. The summed E-state index contributed by atoms with van der Waals surface area (Å²) in [6, 6.07) is 7.75. The predicted molar refractivity (Wildman–Crippen MR) is 71.3 cm³/mol. The molecule has 3 heteroatoms.